The number of nitrogens with one attached hydrogen (secondary N) is 2. The highest BCUT2D eigenvalue weighted by atomic mass is 32.1. The summed E-state index contributed by atoms with van der Waals surface area (Å²) in [5.74, 6) is 0. The van der Waals surface area contributed by atoms with E-state index in [-0.39, 0.29) is 6.04 Å². The molecule has 0 bridgehead atoms. The summed E-state index contributed by atoms with van der Waals surface area (Å²) < 4.78 is 0.523. The van der Waals surface area contributed by atoms with E-state index in [4.69, 9.17) is 12.2 Å². The molecule has 0 spiro atoms. The summed E-state index contributed by atoms with van der Waals surface area (Å²) in [6.07, 6.45) is 0. The van der Waals surface area contributed by atoms with Crippen LogP contribution in [0.5, 0.6) is 0 Å². The van der Waals surface area contributed by atoms with E-state index >= 15 is 0 Å². The smallest absolute Gasteiger partial charge is 0.130 e. The highest BCUT2D eigenvalue weighted by molar-refractivity contribution is 8.11. The summed E-state index contributed by atoms with van der Waals surface area (Å²) in [4.78, 5) is 2.08. The molecule has 0 aliphatic carbocycles. The molecule has 1 rings (SSSR count). The Balaban J connectivity index is 2.71. The molecule has 0 radical (unpaired) electrons. The minimum Gasteiger partial charge on any atom is -0.378 e. The Bertz CT molecular complexity index is 363. The zero-order chi connectivity index (χ0) is 12.8. The molecule has 0 amide bonds. The average Bonchev–Trinajstić information content (AvgIpc) is 2.30. The van der Waals surface area contributed by atoms with Crippen molar-refractivity contribution in [2.24, 2.45) is 0 Å². The van der Waals surface area contributed by atoms with Crippen molar-refractivity contribution in [2.45, 2.75) is 6.04 Å². The Labute approximate surface area is 114 Å². The van der Waals surface area contributed by atoms with E-state index in [1.807, 2.05) is 21.1 Å². The number of likely N-dealkylation sites (N-methyl/N-ethyl adjacent to an activating group) is 1. The Kier molecular flexibility index (Phi) is 5.74. The molecule has 3 nitrogen and oxygen atoms in total. The number of hydrogen-bond acceptors (Lipinski definition) is 3. The normalized spacial score (nSPS) is 12.0. The fraction of sp³-hybridized carbons (Fsp3) is 0.417. The second kappa shape index (κ2) is 6.83. The van der Waals surface area contributed by atoms with Crippen molar-refractivity contribution in [2.75, 3.05) is 32.6 Å². The van der Waals surface area contributed by atoms with Gasteiger partial charge < -0.3 is 15.5 Å². The van der Waals surface area contributed by atoms with Crippen LogP contribution < -0.4 is 15.5 Å². The third-order valence-electron chi connectivity index (χ3n) is 2.62. The standard InChI is InChI=1S/C12H19N3S2/c1-13-11(8-14-12(16)17)9-4-6-10(7-5-9)15(2)3/h4-7,11,13H,8H2,1-3H3,(H2,14,16,17). The number of thiol groups is 1. The van der Waals surface area contributed by atoms with Gasteiger partial charge in [-0.3, -0.25) is 0 Å². The molecule has 1 aromatic carbocycles. The van der Waals surface area contributed by atoms with Crippen LogP contribution >= 0.6 is 24.8 Å². The largest absolute Gasteiger partial charge is 0.378 e. The predicted molar refractivity (Wildman–Crippen MR) is 82.2 cm³/mol. The monoisotopic (exact) mass is 269 g/mol. The lowest BCUT2D eigenvalue weighted by Crippen LogP contribution is -2.30. The minimum absolute atomic E-state index is 0.233. The fourth-order valence-corrected chi connectivity index (χ4v) is 1.76. The fourth-order valence-electron chi connectivity index (χ4n) is 1.58. The Morgan fingerprint density at radius 1 is 1.35 bits per heavy atom. The molecular weight excluding hydrogens is 250 g/mol. The number of anilines is 1. The summed E-state index contributed by atoms with van der Waals surface area (Å²) in [5.41, 5.74) is 2.43. The third-order valence-corrected chi connectivity index (χ3v) is 2.92. The molecule has 1 aromatic rings. The summed E-state index contributed by atoms with van der Waals surface area (Å²) in [7, 11) is 6.00. The molecule has 0 heterocycles. The Morgan fingerprint density at radius 2 is 1.94 bits per heavy atom. The van der Waals surface area contributed by atoms with Crippen LogP contribution in [0.4, 0.5) is 5.69 Å². The topological polar surface area (TPSA) is 27.3 Å². The van der Waals surface area contributed by atoms with Crippen LogP contribution in [-0.4, -0.2) is 32.0 Å². The summed E-state index contributed by atoms with van der Waals surface area (Å²) in [5, 5.41) is 6.31. The van der Waals surface area contributed by atoms with Crippen molar-refractivity contribution in [1.82, 2.24) is 10.6 Å². The van der Waals surface area contributed by atoms with E-state index in [1.54, 1.807) is 0 Å². The van der Waals surface area contributed by atoms with Gasteiger partial charge in [0.15, 0.2) is 0 Å². The van der Waals surface area contributed by atoms with Gasteiger partial charge in [-0.05, 0) is 24.7 Å². The SMILES string of the molecule is CNC(CNC(=S)S)c1ccc(N(C)C)cc1. The second-order valence-electron chi connectivity index (χ2n) is 4.01. The first-order chi connectivity index (χ1) is 8.04. The van der Waals surface area contributed by atoms with Crippen molar-refractivity contribution < 1.29 is 0 Å². The summed E-state index contributed by atoms with van der Waals surface area (Å²) in [6.45, 7) is 0.736. The van der Waals surface area contributed by atoms with Crippen molar-refractivity contribution in [1.29, 1.82) is 0 Å². The zero-order valence-electron chi connectivity index (χ0n) is 10.4. The van der Waals surface area contributed by atoms with Crippen molar-refractivity contribution in [3.63, 3.8) is 0 Å². The molecule has 0 fully saturated rings. The minimum atomic E-state index is 0.233. The van der Waals surface area contributed by atoms with Gasteiger partial charge in [0.1, 0.15) is 4.32 Å². The molecule has 17 heavy (non-hydrogen) atoms. The highest BCUT2D eigenvalue weighted by Gasteiger charge is 2.08. The molecule has 0 saturated carbocycles. The van der Waals surface area contributed by atoms with Crippen LogP contribution in [0.3, 0.4) is 0 Å². The van der Waals surface area contributed by atoms with Gasteiger partial charge in [-0.1, -0.05) is 24.4 Å². The lowest BCUT2D eigenvalue weighted by atomic mass is 10.1. The lowest BCUT2D eigenvalue weighted by molar-refractivity contribution is 0.582. The summed E-state index contributed by atoms with van der Waals surface area (Å²) >= 11 is 8.94. The lowest BCUT2D eigenvalue weighted by Gasteiger charge is -2.19. The van der Waals surface area contributed by atoms with E-state index in [0.717, 1.165) is 6.54 Å². The quantitative estimate of drug-likeness (QED) is 0.561. The molecular formula is C12H19N3S2. The van der Waals surface area contributed by atoms with Crippen LogP contribution in [0.25, 0.3) is 0 Å². The first-order valence-electron chi connectivity index (χ1n) is 5.46. The first-order valence-corrected chi connectivity index (χ1v) is 6.31. The van der Waals surface area contributed by atoms with Crippen LogP contribution in [0.1, 0.15) is 11.6 Å². The Hall–Kier alpha value is -0.780. The maximum atomic E-state index is 4.89. The number of nitrogens with zero attached hydrogens (tertiary/aromatic N) is 1. The molecule has 0 aromatic heterocycles. The van der Waals surface area contributed by atoms with Crippen molar-refractivity contribution in [3.05, 3.63) is 29.8 Å². The van der Waals surface area contributed by atoms with Crippen molar-refractivity contribution >= 4 is 34.9 Å². The van der Waals surface area contributed by atoms with Crippen LogP contribution in [0.15, 0.2) is 24.3 Å². The highest BCUT2D eigenvalue weighted by Crippen LogP contribution is 2.17. The van der Waals surface area contributed by atoms with E-state index in [1.165, 1.54) is 11.3 Å². The molecule has 0 aliphatic rings. The van der Waals surface area contributed by atoms with Gasteiger partial charge >= 0.3 is 0 Å². The molecule has 0 aliphatic heterocycles. The van der Waals surface area contributed by atoms with Gasteiger partial charge in [0.05, 0.1) is 0 Å². The van der Waals surface area contributed by atoms with E-state index in [9.17, 15) is 0 Å². The van der Waals surface area contributed by atoms with Gasteiger partial charge in [-0.2, -0.15) is 0 Å². The van der Waals surface area contributed by atoms with Gasteiger partial charge in [0.25, 0.3) is 0 Å². The number of rotatable bonds is 5. The van der Waals surface area contributed by atoms with Gasteiger partial charge in [-0.15, -0.1) is 12.6 Å². The average molecular weight is 269 g/mol. The maximum absolute atomic E-state index is 4.89. The number of benzene rings is 1. The van der Waals surface area contributed by atoms with E-state index < -0.39 is 0 Å². The van der Waals surface area contributed by atoms with Gasteiger partial charge in [-0.25, -0.2) is 0 Å². The van der Waals surface area contributed by atoms with Crippen LogP contribution in [0, 0.1) is 0 Å². The second-order valence-corrected chi connectivity index (χ2v) is 5.17. The van der Waals surface area contributed by atoms with Crippen LogP contribution in [-0.2, 0) is 0 Å². The van der Waals surface area contributed by atoms with Gasteiger partial charge in [0.2, 0.25) is 0 Å². The zero-order valence-corrected chi connectivity index (χ0v) is 12.1. The molecule has 1 unspecified atom stereocenters. The molecule has 0 saturated heterocycles. The molecule has 1 atom stereocenters. The van der Waals surface area contributed by atoms with Gasteiger partial charge in [0, 0.05) is 32.4 Å². The number of thiocarbonyl (C=S) groups is 1. The van der Waals surface area contributed by atoms with E-state index in [0.29, 0.717) is 4.32 Å². The predicted octanol–water partition coefficient (Wildman–Crippen LogP) is 1.82. The summed E-state index contributed by atoms with van der Waals surface area (Å²) in [6, 6.07) is 8.70. The van der Waals surface area contributed by atoms with Crippen LogP contribution in [0.2, 0.25) is 0 Å². The van der Waals surface area contributed by atoms with E-state index in [2.05, 4.69) is 52.4 Å². The maximum Gasteiger partial charge on any atom is 0.130 e. The molecule has 2 N–H and O–H groups in total. The molecule has 94 valence electrons. The third kappa shape index (κ3) is 4.53. The first kappa shape index (κ1) is 14.3. The number of hydrogen-bond donors (Lipinski definition) is 3. The van der Waals surface area contributed by atoms with Crippen molar-refractivity contribution in [3.8, 4) is 0 Å². The molecule has 5 heteroatoms. The Morgan fingerprint density at radius 3 is 2.35 bits per heavy atom.